The minimum atomic E-state index is -0.356. The second-order valence-corrected chi connectivity index (χ2v) is 2.72. The highest BCUT2D eigenvalue weighted by Crippen LogP contribution is 2.11. The minimum absolute atomic E-state index is 0.00630. The van der Waals surface area contributed by atoms with Gasteiger partial charge in [-0.05, 0) is 6.42 Å². The van der Waals surface area contributed by atoms with Gasteiger partial charge in [-0.25, -0.2) is 10.8 Å². The molecule has 0 aromatic rings. The highest BCUT2D eigenvalue weighted by atomic mass is 16.2. The molecule has 0 aliphatic carbocycles. The van der Waals surface area contributed by atoms with Crippen molar-refractivity contribution in [3.63, 3.8) is 0 Å². The van der Waals surface area contributed by atoms with E-state index in [-0.39, 0.29) is 17.9 Å². The molecule has 5 N–H and O–H groups in total. The Morgan fingerprint density at radius 3 is 2.92 bits per heavy atom. The molecule has 68 valence electrons. The molecule has 1 aliphatic heterocycles. The number of nitrogens with zero attached hydrogens (tertiary/aromatic N) is 2. The number of nitrogens with two attached hydrogens (primary N) is 2. The first kappa shape index (κ1) is 8.79. The maximum absolute atomic E-state index is 11.3. The molecule has 0 radical (unpaired) electrons. The highest BCUT2D eigenvalue weighted by molar-refractivity contribution is 5.87. The Labute approximate surface area is 70.6 Å². The second-order valence-electron chi connectivity index (χ2n) is 2.72. The Morgan fingerprint density at radius 1 is 1.83 bits per heavy atom. The molecule has 0 bridgehead atoms. The average Bonchev–Trinajstić information content (AvgIpc) is 2.36. The summed E-state index contributed by atoms with van der Waals surface area (Å²) in [4.78, 5) is 16.8. The number of hydrazine groups is 1. The van der Waals surface area contributed by atoms with Crippen LogP contribution in [0.25, 0.3) is 0 Å². The predicted octanol–water partition coefficient (Wildman–Crippen LogP) is -2.00. The number of guanidine groups is 1. The maximum Gasteiger partial charge on any atom is 0.247 e. The van der Waals surface area contributed by atoms with Gasteiger partial charge < -0.3 is 10.6 Å². The van der Waals surface area contributed by atoms with Crippen molar-refractivity contribution in [2.45, 2.75) is 12.5 Å². The summed E-state index contributed by atoms with van der Waals surface area (Å²) < 4.78 is 0. The van der Waals surface area contributed by atoms with E-state index in [1.165, 1.54) is 0 Å². The molecule has 1 rings (SSSR count). The number of hydrogen-bond acceptors (Lipinski definition) is 3. The van der Waals surface area contributed by atoms with Crippen LogP contribution in [-0.2, 0) is 4.79 Å². The molecule has 0 aromatic carbocycles. The second kappa shape index (κ2) is 3.40. The SMILES string of the molecule is CN1CCC(N=C(N)NN)C1=O. The van der Waals surface area contributed by atoms with Crippen LogP contribution < -0.4 is 17.0 Å². The molecule has 6 heteroatoms. The molecule has 6 nitrogen and oxygen atoms in total. The highest BCUT2D eigenvalue weighted by Gasteiger charge is 2.28. The van der Waals surface area contributed by atoms with Crippen LogP contribution in [-0.4, -0.2) is 36.4 Å². The Bertz CT molecular complexity index is 214. The van der Waals surface area contributed by atoms with Crippen LogP contribution in [0.15, 0.2) is 4.99 Å². The summed E-state index contributed by atoms with van der Waals surface area (Å²) in [5.74, 6) is 5.09. The molecule has 1 saturated heterocycles. The van der Waals surface area contributed by atoms with Gasteiger partial charge in [0.15, 0.2) is 0 Å². The standard InChI is InChI=1S/C6H13N5O/c1-11-3-2-4(5(11)12)9-6(7)10-8/h4H,2-3,8H2,1H3,(H3,7,9,10). The van der Waals surface area contributed by atoms with Crippen molar-refractivity contribution in [1.82, 2.24) is 10.3 Å². The van der Waals surface area contributed by atoms with Crippen molar-refractivity contribution < 1.29 is 4.79 Å². The number of likely N-dealkylation sites (tertiary alicyclic amines) is 1. The molecule has 0 spiro atoms. The van der Waals surface area contributed by atoms with Gasteiger partial charge in [0.25, 0.3) is 0 Å². The first-order valence-electron chi connectivity index (χ1n) is 3.70. The molecular formula is C6H13N5O. The first-order valence-corrected chi connectivity index (χ1v) is 3.70. The largest absolute Gasteiger partial charge is 0.369 e. The number of amides is 1. The van der Waals surface area contributed by atoms with Crippen molar-refractivity contribution in [3.8, 4) is 0 Å². The number of rotatable bonds is 1. The third kappa shape index (κ3) is 1.65. The fraction of sp³-hybridized carbons (Fsp3) is 0.667. The maximum atomic E-state index is 11.3. The lowest BCUT2D eigenvalue weighted by molar-refractivity contribution is -0.127. The predicted molar refractivity (Wildman–Crippen MR) is 45.0 cm³/mol. The zero-order valence-corrected chi connectivity index (χ0v) is 6.95. The van der Waals surface area contributed by atoms with Gasteiger partial charge in [-0.1, -0.05) is 0 Å². The van der Waals surface area contributed by atoms with Crippen LogP contribution in [0.5, 0.6) is 0 Å². The first-order chi connectivity index (χ1) is 5.65. The average molecular weight is 171 g/mol. The topological polar surface area (TPSA) is 96.7 Å². The van der Waals surface area contributed by atoms with Crippen molar-refractivity contribution in [3.05, 3.63) is 0 Å². The van der Waals surface area contributed by atoms with E-state index in [4.69, 9.17) is 11.6 Å². The van der Waals surface area contributed by atoms with Crippen LogP contribution in [0.4, 0.5) is 0 Å². The number of hydrogen-bond donors (Lipinski definition) is 3. The van der Waals surface area contributed by atoms with E-state index in [1.54, 1.807) is 11.9 Å². The lowest BCUT2D eigenvalue weighted by Crippen LogP contribution is -2.39. The summed E-state index contributed by atoms with van der Waals surface area (Å²) in [6, 6.07) is -0.356. The minimum Gasteiger partial charge on any atom is -0.369 e. The Hall–Kier alpha value is -1.30. The summed E-state index contributed by atoms with van der Waals surface area (Å²) in [6.07, 6.45) is 0.706. The fourth-order valence-electron chi connectivity index (χ4n) is 1.13. The Morgan fingerprint density at radius 2 is 2.50 bits per heavy atom. The quantitative estimate of drug-likeness (QED) is 0.184. The molecule has 1 atom stereocenters. The summed E-state index contributed by atoms with van der Waals surface area (Å²) in [5.41, 5.74) is 7.49. The molecule has 0 aromatic heterocycles. The zero-order valence-electron chi connectivity index (χ0n) is 6.95. The smallest absolute Gasteiger partial charge is 0.247 e. The Kier molecular flexibility index (Phi) is 2.49. The molecule has 1 aliphatic rings. The summed E-state index contributed by atoms with van der Waals surface area (Å²) in [7, 11) is 1.74. The van der Waals surface area contributed by atoms with Gasteiger partial charge in [0.2, 0.25) is 11.9 Å². The zero-order chi connectivity index (χ0) is 9.14. The van der Waals surface area contributed by atoms with Crippen molar-refractivity contribution >= 4 is 11.9 Å². The number of carbonyl (C=O) groups is 1. The van der Waals surface area contributed by atoms with Gasteiger partial charge in [-0.3, -0.25) is 10.2 Å². The number of carbonyl (C=O) groups excluding carboxylic acids is 1. The fourth-order valence-corrected chi connectivity index (χ4v) is 1.13. The molecule has 1 unspecified atom stereocenters. The van der Waals surface area contributed by atoms with Gasteiger partial charge in [0.1, 0.15) is 6.04 Å². The van der Waals surface area contributed by atoms with Crippen LogP contribution in [0, 0.1) is 0 Å². The molecular weight excluding hydrogens is 158 g/mol. The summed E-state index contributed by atoms with van der Waals surface area (Å²) >= 11 is 0. The van der Waals surface area contributed by atoms with Gasteiger partial charge in [0.05, 0.1) is 0 Å². The summed E-state index contributed by atoms with van der Waals surface area (Å²) in [6.45, 7) is 0.727. The number of likely N-dealkylation sites (N-methyl/N-ethyl adjacent to an activating group) is 1. The van der Waals surface area contributed by atoms with Gasteiger partial charge in [0, 0.05) is 13.6 Å². The van der Waals surface area contributed by atoms with Crippen LogP contribution >= 0.6 is 0 Å². The molecule has 1 heterocycles. The lowest BCUT2D eigenvalue weighted by atomic mass is 10.3. The van der Waals surface area contributed by atoms with Crippen molar-refractivity contribution in [1.29, 1.82) is 0 Å². The van der Waals surface area contributed by atoms with E-state index in [1.807, 2.05) is 0 Å². The monoisotopic (exact) mass is 171 g/mol. The van der Waals surface area contributed by atoms with Crippen molar-refractivity contribution in [2.24, 2.45) is 16.6 Å². The van der Waals surface area contributed by atoms with E-state index in [0.717, 1.165) is 6.54 Å². The number of nitrogens with one attached hydrogen (secondary N) is 1. The van der Waals surface area contributed by atoms with E-state index in [9.17, 15) is 4.79 Å². The van der Waals surface area contributed by atoms with E-state index in [2.05, 4.69) is 10.4 Å². The number of aliphatic imine (C=N–C) groups is 1. The van der Waals surface area contributed by atoms with E-state index < -0.39 is 0 Å². The van der Waals surface area contributed by atoms with Crippen LogP contribution in [0.1, 0.15) is 6.42 Å². The normalized spacial score (nSPS) is 24.8. The molecule has 1 fully saturated rings. The third-order valence-corrected chi connectivity index (χ3v) is 1.84. The van der Waals surface area contributed by atoms with Gasteiger partial charge in [-0.2, -0.15) is 0 Å². The molecule has 12 heavy (non-hydrogen) atoms. The van der Waals surface area contributed by atoms with Gasteiger partial charge in [-0.15, -0.1) is 0 Å². The van der Waals surface area contributed by atoms with Crippen LogP contribution in [0.3, 0.4) is 0 Å². The van der Waals surface area contributed by atoms with Crippen LogP contribution in [0.2, 0.25) is 0 Å². The van der Waals surface area contributed by atoms with Crippen molar-refractivity contribution in [2.75, 3.05) is 13.6 Å². The van der Waals surface area contributed by atoms with E-state index >= 15 is 0 Å². The summed E-state index contributed by atoms with van der Waals surface area (Å²) in [5, 5.41) is 0. The third-order valence-electron chi connectivity index (χ3n) is 1.84. The molecule has 1 amide bonds. The Balaban J connectivity index is 2.60. The van der Waals surface area contributed by atoms with E-state index in [0.29, 0.717) is 6.42 Å². The van der Waals surface area contributed by atoms with Gasteiger partial charge >= 0.3 is 0 Å². The lowest BCUT2D eigenvalue weighted by Gasteiger charge is -2.07. The molecule has 0 saturated carbocycles.